The van der Waals surface area contributed by atoms with Crippen LogP contribution in [0.2, 0.25) is 0 Å². The molecule has 2 amide bonds. The monoisotopic (exact) mass is 436 g/mol. The van der Waals surface area contributed by atoms with Gasteiger partial charge in [-0.3, -0.25) is 14.4 Å². The Labute approximate surface area is 184 Å². The van der Waals surface area contributed by atoms with Gasteiger partial charge in [-0.25, -0.2) is 0 Å². The van der Waals surface area contributed by atoms with Gasteiger partial charge in [-0.2, -0.15) is 0 Å². The molecule has 1 heterocycles. The minimum absolute atomic E-state index is 0.126. The van der Waals surface area contributed by atoms with Crippen molar-refractivity contribution in [3.8, 4) is 0 Å². The molecule has 0 radical (unpaired) electrons. The number of hydrogen-bond acceptors (Lipinski definition) is 4. The van der Waals surface area contributed by atoms with Crippen LogP contribution < -0.4 is 10.6 Å². The summed E-state index contributed by atoms with van der Waals surface area (Å²) in [7, 11) is 0. The molecule has 0 aliphatic heterocycles. The molecule has 0 unspecified atom stereocenters. The first-order valence-electron chi connectivity index (χ1n) is 10.4. The van der Waals surface area contributed by atoms with Crippen molar-refractivity contribution in [2.45, 2.75) is 39.0 Å². The SMILES string of the molecule is C[C@H]1CCc2c(sc(NC(=O)CCC(=O)O)c2C(=O)Nc2cccc3ccccc23)C1. The maximum absolute atomic E-state index is 13.4. The average molecular weight is 437 g/mol. The van der Waals surface area contributed by atoms with E-state index >= 15 is 0 Å². The lowest BCUT2D eigenvalue weighted by Crippen LogP contribution is -2.19. The van der Waals surface area contributed by atoms with Gasteiger partial charge in [0.15, 0.2) is 0 Å². The summed E-state index contributed by atoms with van der Waals surface area (Å²) in [6.45, 7) is 2.18. The third-order valence-electron chi connectivity index (χ3n) is 5.60. The molecule has 0 fully saturated rings. The summed E-state index contributed by atoms with van der Waals surface area (Å²) in [4.78, 5) is 37.6. The molecule has 1 aliphatic rings. The highest BCUT2D eigenvalue weighted by molar-refractivity contribution is 7.17. The summed E-state index contributed by atoms with van der Waals surface area (Å²) in [5.74, 6) is -1.15. The van der Waals surface area contributed by atoms with Crippen LogP contribution in [0.5, 0.6) is 0 Å². The van der Waals surface area contributed by atoms with Gasteiger partial charge >= 0.3 is 5.97 Å². The Morgan fingerprint density at radius 3 is 2.65 bits per heavy atom. The largest absolute Gasteiger partial charge is 0.481 e. The van der Waals surface area contributed by atoms with Crippen LogP contribution in [0.15, 0.2) is 42.5 Å². The van der Waals surface area contributed by atoms with E-state index in [2.05, 4.69) is 17.6 Å². The van der Waals surface area contributed by atoms with Crippen LogP contribution in [0.1, 0.15) is 47.0 Å². The fourth-order valence-electron chi connectivity index (χ4n) is 4.01. The molecule has 160 valence electrons. The minimum atomic E-state index is -1.02. The number of amides is 2. The molecule has 0 saturated heterocycles. The second-order valence-corrected chi connectivity index (χ2v) is 9.08. The normalized spacial score (nSPS) is 15.3. The Balaban J connectivity index is 1.66. The number of carboxylic acids is 1. The standard InChI is InChI=1S/C24H24N2O4S/c1-14-9-10-17-19(13-14)31-24(26-20(27)11-12-21(28)29)22(17)23(30)25-18-8-4-6-15-5-2-3-7-16(15)18/h2-8,14H,9-13H2,1H3,(H,25,30)(H,26,27)(H,28,29)/t14-/m0/s1. The molecule has 0 bridgehead atoms. The average Bonchev–Trinajstić information content (AvgIpc) is 3.09. The Hall–Kier alpha value is -3.19. The van der Waals surface area contributed by atoms with Crippen LogP contribution in [0.25, 0.3) is 10.8 Å². The van der Waals surface area contributed by atoms with Crippen molar-refractivity contribution in [3.05, 3.63) is 58.5 Å². The number of benzene rings is 2. The van der Waals surface area contributed by atoms with Crippen LogP contribution in [-0.2, 0) is 22.4 Å². The molecule has 4 rings (SSSR count). The van der Waals surface area contributed by atoms with Crippen LogP contribution >= 0.6 is 11.3 Å². The maximum atomic E-state index is 13.4. The molecule has 3 N–H and O–H groups in total. The van der Waals surface area contributed by atoms with E-state index in [1.54, 1.807) is 0 Å². The first-order valence-corrected chi connectivity index (χ1v) is 11.2. The van der Waals surface area contributed by atoms with Crippen molar-refractivity contribution in [1.82, 2.24) is 0 Å². The molecule has 3 aromatic rings. The Bertz CT molecular complexity index is 1160. The van der Waals surface area contributed by atoms with Crippen molar-refractivity contribution in [2.75, 3.05) is 10.6 Å². The zero-order valence-corrected chi connectivity index (χ0v) is 18.1. The number of thiophene rings is 1. The number of carboxylic acid groups (broad SMARTS) is 1. The number of carbonyl (C=O) groups is 3. The summed E-state index contributed by atoms with van der Waals surface area (Å²) in [6, 6.07) is 13.6. The molecule has 1 aliphatic carbocycles. The number of anilines is 2. The lowest BCUT2D eigenvalue weighted by atomic mass is 9.88. The van der Waals surface area contributed by atoms with Gasteiger partial charge in [0, 0.05) is 22.4 Å². The van der Waals surface area contributed by atoms with Crippen molar-refractivity contribution in [1.29, 1.82) is 0 Å². The molecule has 2 aromatic carbocycles. The van der Waals surface area contributed by atoms with Gasteiger partial charge in [0.25, 0.3) is 5.91 Å². The predicted molar refractivity (Wildman–Crippen MR) is 123 cm³/mol. The predicted octanol–water partition coefficient (Wildman–Crippen LogP) is 5.08. The van der Waals surface area contributed by atoms with Gasteiger partial charge in [-0.15, -0.1) is 11.3 Å². The maximum Gasteiger partial charge on any atom is 0.303 e. The molecule has 0 saturated carbocycles. The smallest absolute Gasteiger partial charge is 0.303 e. The fraction of sp³-hybridized carbons (Fsp3) is 0.292. The molecule has 0 spiro atoms. The van der Waals surface area contributed by atoms with Crippen LogP contribution in [0.4, 0.5) is 10.7 Å². The number of rotatable bonds is 6. The van der Waals surface area contributed by atoms with Crippen LogP contribution in [-0.4, -0.2) is 22.9 Å². The Morgan fingerprint density at radius 1 is 1.06 bits per heavy atom. The number of aliphatic carboxylic acids is 1. The van der Waals surface area contributed by atoms with E-state index < -0.39 is 11.9 Å². The fourth-order valence-corrected chi connectivity index (χ4v) is 5.43. The van der Waals surface area contributed by atoms with Crippen molar-refractivity contribution in [2.24, 2.45) is 5.92 Å². The minimum Gasteiger partial charge on any atom is -0.481 e. The van der Waals surface area contributed by atoms with E-state index in [9.17, 15) is 14.4 Å². The summed E-state index contributed by atoms with van der Waals surface area (Å²) in [5.41, 5.74) is 2.22. The topological polar surface area (TPSA) is 95.5 Å². The molecule has 7 heteroatoms. The molecule has 6 nitrogen and oxygen atoms in total. The number of hydrogen-bond donors (Lipinski definition) is 3. The van der Waals surface area contributed by atoms with Gasteiger partial charge in [0.05, 0.1) is 12.0 Å². The van der Waals surface area contributed by atoms with Crippen LogP contribution in [0.3, 0.4) is 0 Å². The second-order valence-electron chi connectivity index (χ2n) is 7.98. The van der Waals surface area contributed by atoms with Crippen molar-refractivity contribution >= 4 is 50.6 Å². The lowest BCUT2D eigenvalue weighted by Gasteiger charge is -2.19. The van der Waals surface area contributed by atoms with Gasteiger partial charge in [-0.05, 0) is 42.2 Å². The highest BCUT2D eigenvalue weighted by Gasteiger charge is 2.28. The molecular formula is C24H24N2O4S. The highest BCUT2D eigenvalue weighted by Crippen LogP contribution is 2.40. The molecule has 1 aromatic heterocycles. The number of nitrogens with one attached hydrogen (secondary N) is 2. The zero-order chi connectivity index (χ0) is 22.0. The third-order valence-corrected chi connectivity index (χ3v) is 6.77. The summed E-state index contributed by atoms with van der Waals surface area (Å²) >= 11 is 1.43. The lowest BCUT2D eigenvalue weighted by molar-refractivity contribution is -0.138. The first-order chi connectivity index (χ1) is 14.9. The summed E-state index contributed by atoms with van der Waals surface area (Å²) in [6.07, 6.45) is 2.28. The zero-order valence-electron chi connectivity index (χ0n) is 17.2. The van der Waals surface area contributed by atoms with E-state index in [4.69, 9.17) is 5.11 Å². The second kappa shape index (κ2) is 8.89. The van der Waals surface area contributed by atoms with Crippen molar-refractivity contribution < 1.29 is 19.5 Å². The molecule has 1 atom stereocenters. The third kappa shape index (κ3) is 4.61. The molecule has 31 heavy (non-hydrogen) atoms. The Kier molecular flexibility index (Phi) is 6.04. The van der Waals surface area contributed by atoms with Gasteiger partial charge in [0.2, 0.25) is 5.91 Å². The number of fused-ring (bicyclic) bond motifs is 2. The van der Waals surface area contributed by atoms with E-state index in [0.717, 1.165) is 46.2 Å². The van der Waals surface area contributed by atoms with Gasteiger partial charge < -0.3 is 15.7 Å². The van der Waals surface area contributed by atoms with E-state index in [1.807, 2.05) is 42.5 Å². The van der Waals surface area contributed by atoms with Crippen LogP contribution in [0, 0.1) is 5.92 Å². The van der Waals surface area contributed by atoms with Gasteiger partial charge in [0.1, 0.15) is 5.00 Å². The first kappa shape index (κ1) is 21.1. The Morgan fingerprint density at radius 2 is 1.84 bits per heavy atom. The highest BCUT2D eigenvalue weighted by atomic mass is 32.1. The van der Waals surface area contributed by atoms with Gasteiger partial charge in [-0.1, -0.05) is 43.3 Å². The molecular weight excluding hydrogens is 412 g/mol. The summed E-state index contributed by atoms with van der Waals surface area (Å²) < 4.78 is 0. The van der Waals surface area contributed by atoms with E-state index in [0.29, 0.717) is 16.5 Å². The van der Waals surface area contributed by atoms with Crippen molar-refractivity contribution in [3.63, 3.8) is 0 Å². The number of carbonyl (C=O) groups excluding carboxylic acids is 2. The quantitative estimate of drug-likeness (QED) is 0.502. The van der Waals surface area contributed by atoms with E-state index in [-0.39, 0.29) is 18.7 Å². The summed E-state index contributed by atoms with van der Waals surface area (Å²) in [5, 5.41) is 17.2. The van der Waals surface area contributed by atoms with E-state index in [1.165, 1.54) is 11.3 Å².